The van der Waals surface area contributed by atoms with Crippen molar-refractivity contribution in [3.8, 4) is 0 Å². The lowest BCUT2D eigenvalue weighted by Gasteiger charge is -2.15. The van der Waals surface area contributed by atoms with E-state index in [0.29, 0.717) is 13.0 Å². The number of carbonyl (C=O) groups is 1. The van der Waals surface area contributed by atoms with Gasteiger partial charge in [0.1, 0.15) is 0 Å². The molecular formula is C9H16BrNO2. The van der Waals surface area contributed by atoms with Crippen LogP contribution in [0.25, 0.3) is 0 Å². The number of carbonyl (C=O) groups excluding carboxylic acids is 1. The summed E-state index contributed by atoms with van der Waals surface area (Å²) in [4.78, 5) is 11.2. The van der Waals surface area contributed by atoms with Crippen LogP contribution in [0.1, 0.15) is 26.7 Å². The third-order valence-electron chi connectivity index (χ3n) is 2.10. The smallest absolute Gasteiger partial charge is 0.221 e. The number of nitrogens with one attached hydrogen (secondary N) is 1. The largest absolute Gasteiger partial charge is 0.373 e. The van der Waals surface area contributed by atoms with E-state index in [9.17, 15) is 4.79 Å². The first kappa shape index (κ1) is 11.0. The summed E-state index contributed by atoms with van der Waals surface area (Å²) >= 11 is 3.23. The van der Waals surface area contributed by atoms with Crippen LogP contribution in [0.3, 0.4) is 0 Å². The van der Waals surface area contributed by atoms with Crippen LogP contribution in [-0.4, -0.2) is 29.5 Å². The lowest BCUT2D eigenvalue weighted by Crippen LogP contribution is -2.35. The minimum absolute atomic E-state index is 0.0770. The van der Waals surface area contributed by atoms with Gasteiger partial charge < -0.3 is 10.1 Å². The molecule has 1 N–H and O–H groups in total. The molecule has 1 heterocycles. The Balaban J connectivity index is 2.28. The first-order valence-electron chi connectivity index (χ1n) is 4.53. The molecule has 0 radical (unpaired) electrons. The fourth-order valence-corrected chi connectivity index (χ4v) is 1.88. The average Bonchev–Trinajstić information content (AvgIpc) is 2.30. The molecule has 0 aromatic rings. The zero-order valence-electron chi connectivity index (χ0n) is 8.10. The summed E-state index contributed by atoms with van der Waals surface area (Å²) < 4.78 is 5.51. The Morgan fingerprint density at radius 1 is 1.69 bits per heavy atom. The van der Waals surface area contributed by atoms with Crippen molar-refractivity contribution in [1.29, 1.82) is 0 Å². The molecule has 0 aromatic heterocycles. The van der Waals surface area contributed by atoms with Gasteiger partial charge in [-0.1, -0.05) is 15.9 Å². The molecule has 1 unspecified atom stereocenters. The molecule has 1 fully saturated rings. The van der Waals surface area contributed by atoms with E-state index in [4.69, 9.17) is 4.74 Å². The standard InChI is InChI=1S/C9H16BrNO2/c1-9(2)5-7(6-13-9)11-8(12)3-4-10/h7H,3-6H2,1-2H3,(H,11,12). The number of hydrogen-bond acceptors (Lipinski definition) is 2. The van der Waals surface area contributed by atoms with Crippen molar-refractivity contribution in [2.45, 2.75) is 38.3 Å². The molecule has 1 atom stereocenters. The molecule has 1 aliphatic heterocycles. The van der Waals surface area contributed by atoms with Gasteiger partial charge in [-0.25, -0.2) is 0 Å². The minimum atomic E-state index is -0.0770. The van der Waals surface area contributed by atoms with Gasteiger partial charge in [-0.05, 0) is 20.3 Å². The van der Waals surface area contributed by atoms with E-state index in [1.807, 2.05) is 13.8 Å². The van der Waals surface area contributed by atoms with Gasteiger partial charge >= 0.3 is 0 Å². The molecule has 0 saturated carbocycles. The van der Waals surface area contributed by atoms with Crippen LogP contribution in [-0.2, 0) is 9.53 Å². The number of halogens is 1. The van der Waals surface area contributed by atoms with Crippen LogP contribution in [0, 0.1) is 0 Å². The molecule has 1 aliphatic rings. The van der Waals surface area contributed by atoms with Crippen LogP contribution >= 0.6 is 15.9 Å². The Morgan fingerprint density at radius 2 is 2.38 bits per heavy atom. The topological polar surface area (TPSA) is 38.3 Å². The van der Waals surface area contributed by atoms with Crippen molar-refractivity contribution < 1.29 is 9.53 Å². The summed E-state index contributed by atoms with van der Waals surface area (Å²) in [6.45, 7) is 4.73. The van der Waals surface area contributed by atoms with Crippen molar-refractivity contribution in [1.82, 2.24) is 5.32 Å². The molecule has 13 heavy (non-hydrogen) atoms. The van der Waals surface area contributed by atoms with Gasteiger partial charge in [-0.3, -0.25) is 4.79 Å². The van der Waals surface area contributed by atoms with Crippen LogP contribution in [0.15, 0.2) is 0 Å². The Morgan fingerprint density at radius 3 is 2.85 bits per heavy atom. The van der Waals surface area contributed by atoms with Crippen molar-refractivity contribution in [2.24, 2.45) is 0 Å². The number of amides is 1. The molecule has 1 saturated heterocycles. The maximum Gasteiger partial charge on any atom is 0.221 e. The highest BCUT2D eigenvalue weighted by Crippen LogP contribution is 2.24. The van der Waals surface area contributed by atoms with E-state index in [-0.39, 0.29) is 17.6 Å². The maximum absolute atomic E-state index is 11.2. The van der Waals surface area contributed by atoms with Gasteiger partial charge in [0.2, 0.25) is 5.91 Å². The summed E-state index contributed by atoms with van der Waals surface area (Å²) in [5.74, 6) is 0.100. The fourth-order valence-electron chi connectivity index (χ4n) is 1.52. The Bertz CT molecular complexity index is 194. The molecule has 1 rings (SSSR count). The molecule has 1 amide bonds. The highest BCUT2D eigenvalue weighted by atomic mass is 79.9. The number of rotatable bonds is 3. The zero-order valence-corrected chi connectivity index (χ0v) is 9.69. The summed E-state index contributed by atoms with van der Waals surface area (Å²) in [5, 5.41) is 3.66. The molecule has 0 aromatic carbocycles. The summed E-state index contributed by atoms with van der Waals surface area (Å²) in [7, 11) is 0. The molecule has 3 nitrogen and oxygen atoms in total. The number of alkyl halides is 1. The maximum atomic E-state index is 11.2. The number of hydrogen-bond donors (Lipinski definition) is 1. The highest BCUT2D eigenvalue weighted by Gasteiger charge is 2.32. The van der Waals surface area contributed by atoms with Gasteiger partial charge in [0, 0.05) is 11.8 Å². The molecular weight excluding hydrogens is 234 g/mol. The normalized spacial score (nSPS) is 25.9. The predicted octanol–water partition coefficient (Wildman–Crippen LogP) is 1.46. The summed E-state index contributed by atoms with van der Waals surface area (Å²) in [5.41, 5.74) is -0.0770. The summed E-state index contributed by atoms with van der Waals surface area (Å²) in [6, 6.07) is 0.196. The Hall–Kier alpha value is -0.0900. The monoisotopic (exact) mass is 249 g/mol. The predicted molar refractivity (Wildman–Crippen MR) is 55.0 cm³/mol. The van der Waals surface area contributed by atoms with Crippen molar-refractivity contribution in [3.63, 3.8) is 0 Å². The second kappa shape index (κ2) is 4.42. The van der Waals surface area contributed by atoms with E-state index in [1.54, 1.807) is 0 Å². The van der Waals surface area contributed by atoms with E-state index in [0.717, 1.165) is 11.8 Å². The third kappa shape index (κ3) is 3.65. The van der Waals surface area contributed by atoms with Crippen LogP contribution in [0.4, 0.5) is 0 Å². The van der Waals surface area contributed by atoms with E-state index in [2.05, 4.69) is 21.2 Å². The third-order valence-corrected chi connectivity index (χ3v) is 2.50. The van der Waals surface area contributed by atoms with E-state index >= 15 is 0 Å². The zero-order chi connectivity index (χ0) is 9.90. The van der Waals surface area contributed by atoms with Crippen LogP contribution in [0.2, 0.25) is 0 Å². The molecule has 4 heteroatoms. The van der Waals surface area contributed by atoms with Crippen molar-refractivity contribution >= 4 is 21.8 Å². The van der Waals surface area contributed by atoms with E-state index < -0.39 is 0 Å². The second-order valence-corrected chi connectivity index (χ2v) is 4.77. The van der Waals surface area contributed by atoms with Crippen molar-refractivity contribution in [2.75, 3.05) is 11.9 Å². The molecule has 76 valence electrons. The van der Waals surface area contributed by atoms with Gasteiger partial charge in [0.05, 0.1) is 18.2 Å². The SMILES string of the molecule is CC1(C)CC(NC(=O)CCBr)CO1. The molecule has 0 aliphatic carbocycles. The Labute approximate surface area is 87.3 Å². The first-order valence-corrected chi connectivity index (χ1v) is 5.65. The first-order chi connectivity index (χ1) is 6.03. The Kier molecular flexibility index (Phi) is 3.74. The van der Waals surface area contributed by atoms with Crippen LogP contribution < -0.4 is 5.32 Å². The fraction of sp³-hybridized carbons (Fsp3) is 0.889. The quantitative estimate of drug-likeness (QED) is 0.770. The summed E-state index contributed by atoms with van der Waals surface area (Å²) in [6.07, 6.45) is 1.44. The number of ether oxygens (including phenoxy) is 1. The highest BCUT2D eigenvalue weighted by molar-refractivity contribution is 9.09. The lowest BCUT2D eigenvalue weighted by molar-refractivity contribution is -0.121. The van der Waals surface area contributed by atoms with Gasteiger partial charge in [-0.2, -0.15) is 0 Å². The molecule has 0 bridgehead atoms. The van der Waals surface area contributed by atoms with Crippen molar-refractivity contribution in [3.05, 3.63) is 0 Å². The van der Waals surface area contributed by atoms with Gasteiger partial charge in [-0.15, -0.1) is 0 Å². The average molecular weight is 250 g/mol. The van der Waals surface area contributed by atoms with Gasteiger partial charge in [0.15, 0.2) is 0 Å². The minimum Gasteiger partial charge on any atom is -0.373 e. The van der Waals surface area contributed by atoms with E-state index in [1.165, 1.54) is 0 Å². The lowest BCUT2D eigenvalue weighted by atomic mass is 10.0. The molecule has 0 spiro atoms. The van der Waals surface area contributed by atoms with Crippen LogP contribution in [0.5, 0.6) is 0 Å². The van der Waals surface area contributed by atoms with Gasteiger partial charge in [0.25, 0.3) is 0 Å². The second-order valence-electron chi connectivity index (χ2n) is 3.98.